The van der Waals surface area contributed by atoms with Crippen molar-refractivity contribution in [1.82, 2.24) is 0 Å². The summed E-state index contributed by atoms with van der Waals surface area (Å²) in [5.74, 6) is 0.463. The highest BCUT2D eigenvalue weighted by molar-refractivity contribution is 7.84. The number of allylic oxidation sites excluding steroid dienone is 2. The van der Waals surface area contributed by atoms with Gasteiger partial charge in [0.25, 0.3) is 10.9 Å². The first-order valence-corrected chi connectivity index (χ1v) is 15.1. The number of benzene rings is 3. The Bertz CT molecular complexity index is 1680. The molecule has 192 valence electrons. The van der Waals surface area contributed by atoms with E-state index < -0.39 is 16.0 Å². The highest BCUT2D eigenvalue weighted by atomic mass is 35.5. The third-order valence-corrected chi connectivity index (χ3v) is 8.73. The number of nitrogens with zero attached hydrogens (tertiary/aromatic N) is 3. The van der Waals surface area contributed by atoms with E-state index in [1.54, 1.807) is 4.57 Å². The van der Waals surface area contributed by atoms with Gasteiger partial charge in [-0.15, -0.1) is 0 Å². The average Bonchev–Trinajstić information content (AvgIpc) is 3.33. The Kier molecular flexibility index (Phi) is 7.22. The summed E-state index contributed by atoms with van der Waals surface area (Å²) in [4.78, 5) is 4.40. The molecule has 6 nitrogen and oxygen atoms in total. The summed E-state index contributed by atoms with van der Waals surface area (Å²) in [7, 11) is -4.26. The first kappa shape index (κ1) is 26.0. The Morgan fingerprint density at radius 3 is 2.41 bits per heavy atom. The van der Waals surface area contributed by atoms with Crippen LogP contribution in [0.25, 0.3) is 27.1 Å². The number of hydrogen-bond donors (Lipinski definition) is 1. The molecule has 0 amide bonds. The summed E-state index contributed by atoms with van der Waals surface area (Å²) in [5.41, 5.74) is 2.79. The SMILES string of the molecule is CCCN1/C(=C/C=C/c2sc3ccc4ccccc4c3[n+]2CS(=O)(=O)O)N(CC)c2cc(Cl)c(Cl)cc21. The first-order valence-electron chi connectivity index (χ1n) is 11.9. The second kappa shape index (κ2) is 10.3. The molecule has 0 atom stereocenters. The molecule has 0 saturated carbocycles. The fraction of sp³-hybridized carbons (Fsp3) is 0.222. The van der Waals surface area contributed by atoms with Gasteiger partial charge < -0.3 is 9.80 Å². The molecule has 0 unspecified atom stereocenters. The predicted octanol–water partition coefficient (Wildman–Crippen LogP) is 7.11. The molecular formula is C27H26Cl2N3O3S2+. The lowest BCUT2D eigenvalue weighted by Crippen LogP contribution is -2.39. The van der Waals surface area contributed by atoms with Crippen LogP contribution in [-0.4, -0.2) is 26.1 Å². The topological polar surface area (TPSA) is 64.7 Å². The van der Waals surface area contributed by atoms with Crippen LogP contribution in [0.2, 0.25) is 10.0 Å². The maximum Gasteiger partial charge on any atom is 0.326 e. The molecule has 37 heavy (non-hydrogen) atoms. The molecule has 1 aliphatic heterocycles. The van der Waals surface area contributed by atoms with Crippen LogP contribution in [0.1, 0.15) is 25.3 Å². The number of rotatable bonds is 7. The molecule has 1 N–H and O–H groups in total. The van der Waals surface area contributed by atoms with Crippen molar-refractivity contribution in [1.29, 1.82) is 0 Å². The molecule has 0 fully saturated rings. The van der Waals surface area contributed by atoms with E-state index in [4.69, 9.17) is 23.2 Å². The van der Waals surface area contributed by atoms with Crippen LogP contribution < -0.4 is 14.4 Å². The maximum atomic E-state index is 12.0. The largest absolute Gasteiger partial charge is 0.326 e. The van der Waals surface area contributed by atoms with Gasteiger partial charge in [-0.1, -0.05) is 71.8 Å². The normalized spacial score (nSPS) is 15.1. The number of aromatic nitrogens is 1. The molecular weight excluding hydrogens is 549 g/mol. The van der Waals surface area contributed by atoms with Gasteiger partial charge in [0.15, 0.2) is 0 Å². The maximum absolute atomic E-state index is 12.0. The van der Waals surface area contributed by atoms with Crippen LogP contribution in [0.15, 0.2) is 66.5 Å². The molecule has 0 saturated heterocycles. The number of halogens is 2. The van der Waals surface area contributed by atoms with E-state index in [0.717, 1.165) is 57.7 Å². The van der Waals surface area contributed by atoms with Crippen LogP contribution >= 0.6 is 34.5 Å². The molecule has 0 spiro atoms. The minimum Gasteiger partial charge on any atom is -0.326 e. The Hall–Kier alpha value is -2.62. The minimum atomic E-state index is -4.26. The summed E-state index contributed by atoms with van der Waals surface area (Å²) in [5, 5.41) is 3.68. The average molecular weight is 576 g/mol. The number of anilines is 2. The standard InChI is InChI=1S/C27H25Cl2N3O3S2/c1-3-14-31-23-16-21(29)20(28)15-22(23)30(4-2)25(31)10-7-11-26-32(17-37(33,34)35)27-19-9-6-5-8-18(19)12-13-24(27)36-26/h5-13,15-16H,3-4,14,17H2,1-2H3/p+1. The molecule has 5 rings (SSSR count). The highest BCUT2D eigenvalue weighted by Crippen LogP contribution is 2.45. The van der Waals surface area contributed by atoms with Crippen molar-refractivity contribution in [3.05, 3.63) is 81.6 Å². The number of fused-ring (bicyclic) bond motifs is 4. The number of thiazole rings is 1. The van der Waals surface area contributed by atoms with Gasteiger partial charge in [0.1, 0.15) is 10.5 Å². The Labute approximate surface area is 230 Å². The van der Waals surface area contributed by atoms with Crippen molar-refractivity contribution in [2.24, 2.45) is 0 Å². The van der Waals surface area contributed by atoms with Gasteiger partial charge in [0, 0.05) is 19.2 Å². The highest BCUT2D eigenvalue weighted by Gasteiger charge is 2.31. The van der Waals surface area contributed by atoms with Gasteiger partial charge in [0.2, 0.25) is 5.52 Å². The minimum absolute atomic E-state index is 0.510. The van der Waals surface area contributed by atoms with E-state index in [0.29, 0.717) is 15.1 Å². The van der Waals surface area contributed by atoms with Crippen molar-refractivity contribution in [3.8, 4) is 0 Å². The van der Waals surface area contributed by atoms with Crippen LogP contribution in [0.4, 0.5) is 11.4 Å². The van der Waals surface area contributed by atoms with Crippen molar-refractivity contribution in [2.45, 2.75) is 26.1 Å². The Morgan fingerprint density at radius 1 is 1.03 bits per heavy atom. The molecule has 1 aromatic heterocycles. The lowest BCUT2D eigenvalue weighted by Gasteiger charge is -2.23. The zero-order valence-corrected chi connectivity index (χ0v) is 23.5. The molecule has 4 aromatic rings. The summed E-state index contributed by atoms with van der Waals surface area (Å²) < 4.78 is 36.3. The molecule has 2 heterocycles. The summed E-state index contributed by atoms with van der Waals surface area (Å²) in [6.45, 7) is 5.75. The molecule has 1 aliphatic rings. The summed E-state index contributed by atoms with van der Waals surface area (Å²) in [6.07, 6.45) is 6.76. The predicted molar refractivity (Wildman–Crippen MR) is 155 cm³/mol. The van der Waals surface area contributed by atoms with E-state index in [1.807, 2.05) is 66.8 Å². The van der Waals surface area contributed by atoms with Gasteiger partial charge in [-0.25, -0.2) is 0 Å². The Morgan fingerprint density at radius 2 is 1.73 bits per heavy atom. The third-order valence-electron chi connectivity index (χ3n) is 6.31. The van der Waals surface area contributed by atoms with E-state index in [2.05, 4.69) is 23.6 Å². The molecule has 0 bridgehead atoms. The van der Waals surface area contributed by atoms with E-state index in [-0.39, 0.29) is 0 Å². The van der Waals surface area contributed by atoms with Gasteiger partial charge in [-0.05, 0) is 49.1 Å². The van der Waals surface area contributed by atoms with Gasteiger partial charge in [0.05, 0.1) is 26.8 Å². The molecule has 10 heteroatoms. The van der Waals surface area contributed by atoms with E-state index in [1.165, 1.54) is 11.3 Å². The van der Waals surface area contributed by atoms with Gasteiger partial charge >= 0.3 is 10.1 Å². The Balaban J connectivity index is 1.61. The van der Waals surface area contributed by atoms with Crippen molar-refractivity contribution in [2.75, 3.05) is 22.9 Å². The van der Waals surface area contributed by atoms with E-state index >= 15 is 0 Å². The lowest BCUT2D eigenvalue weighted by molar-refractivity contribution is -0.648. The van der Waals surface area contributed by atoms with Crippen LogP contribution in [0.5, 0.6) is 0 Å². The summed E-state index contributed by atoms with van der Waals surface area (Å²) in [6, 6.07) is 15.6. The number of hydrogen-bond acceptors (Lipinski definition) is 5. The van der Waals surface area contributed by atoms with Crippen molar-refractivity contribution in [3.63, 3.8) is 0 Å². The molecule has 0 aliphatic carbocycles. The zero-order chi connectivity index (χ0) is 26.3. The van der Waals surface area contributed by atoms with Crippen LogP contribution in [0.3, 0.4) is 0 Å². The fourth-order valence-corrected chi connectivity index (χ4v) is 6.91. The smallest absolute Gasteiger partial charge is 0.326 e. The first-order chi connectivity index (χ1) is 17.7. The quantitative estimate of drug-likeness (QED) is 0.188. The second-order valence-electron chi connectivity index (χ2n) is 8.75. The second-order valence-corrected chi connectivity index (χ2v) is 12.0. The zero-order valence-electron chi connectivity index (χ0n) is 20.4. The van der Waals surface area contributed by atoms with Crippen LogP contribution in [0, 0.1) is 0 Å². The third kappa shape index (κ3) is 4.96. The van der Waals surface area contributed by atoms with Gasteiger partial charge in [-0.3, -0.25) is 4.55 Å². The molecule has 3 aromatic carbocycles. The lowest BCUT2D eigenvalue weighted by atomic mass is 10.1. The van der Waals surface area contributed by atoms with Crippen molar-refractivity contribution < 1.29 is 17.5 Å². The van der Waals surface area contributed by atoms with E-state index in [9.17, 15) is 13.0 Å². The molecule has 0 radical (unpaired) electrons. The van der Waals surface area contributed by atoms with Gasteiger partial charge in [-0.2, -0.15) is 13.0 Å². The monoisotopic (exact) mass is 574 g/mol. The fourth-order valence-electron chi connectivity index (χ4n) is 4.83. The summed E-state index contributed by atoms with van der Waals surface area (Å²) >= 11 is 14.2. The van der Waals surface area contributed by atoms with Crippen molar-refractivity contribution >= 4 is 83.1 Å². The van der Waals surface area contributed by atoms with Crippen LogP contribution in [-0.2, 0) is 16.0 Å².